The number of rotatable bonds is 10. The number of piperidine rings is 1. The number of benzene rings is 1. The zero-order chi connectivity index (χ0) is 19.2. The minimum Gasteiger partial charge on any atom is -0.315 e. The molecule has 1 N–H and O–H groups in total. The fourth-order valence-corrected chi connectivity index (χ4v) is 5.54. The SMILES string of the molecule is CN1C2CCC1[C@@H](CN(CCS)CCNCCS)[C@@H](c1ccc(F)cc1)C2. The van der Waals surface area contributed by atoms with Crippen molar-refractivity contribution in [2.75, 3.05) is 51.3 Å². The Morgan fingerprint density at radius 3 is 2.59 bits per heavy atom. The Morgan fingerprint density at radius 1 is 1.11 bits per heavy atom. The number of nitrogens with one attached hydrogen (secondary N) is 1. The van der Waals surface area contributed by atoms with E-state index in [9.17, 15) is 4.39 Å². The smallest absolute Gasteiger partial charge is 0.123 e. The summed E-state index contributed by atoms with van der Waals surface area (Å²) in [5.41, 5.74) is 1.31. The van der Waals surface area contributed by atoms with Gasteiger partial charge in [0.1, 0.15) is 5.82 Å². The van der Waals surface area contributed by atoms with Crippen LogP contribution in [0.5, 0.6) is 0 Å². The highest BCUT2D eigenvalue weighted by molar-refractivity contribution is 7.80. The Hall–Kier alpha value is -0.270. The van der Waals surface area contributed by atoms with Gasteiger partial charge in [0, 0.05) is 56.3 Å². The van der Waals surface area contributed by atoms with Gasteiger partial charge in [-0.15, -0.1) is 0 Å². The summed E-state index contributed by atoms with van der Waals surface area (Å²) in [6, 6.07) is 8.58. The molecular formula is C21H34FN3S2. The van der Waals surface area contributed by atoms with E-state index in [1.807, 2.05) is 12.1 Å². The molecule has 0 aliphatic carbocycles. The second-order valence-electron chi connectivity index (χ2n) is 8.02. The molecule has 3 rings (SSSR count). The van der Waals surface area contributed by atoms with E-state index >= 15 is 0 Å². The first-order chi connectivity index (χ1) is 13.1. The molecule has 1 aromatic carbocycles. The monoisotopic (exact) mass is 411 g/mol. The van der Waals surface area contributed by atoms with E-state index in [4.69, 9.17) is 0 Å². The molecule has 1 aromatic rings. The van der Waals surface area contributed by atoms with E-state index < -0.39 is 0 Å². The largest absolute Gasteiger partial charge is 0.315 e. The van der Waals surface area contributed by atoms with Gasteiger partial charge in [0.15, 0.2) is 0 Å². The lowest BCUT2D eigenvalue weighted by molar-refractivity contribution is 0.0728. The van der Waals surface area contributed by atoms with Crippen LogP contribution in [0.4, 0.5) is 4.39 Å². The summed E-state index contributed by atoms with van der Waals surface area (Å²) in [5, 5.41) is 3.46. The summed E-state index contributed by atoms with van der Waals surface area (Å²) in [4.78, 5) is 5.18. The van der Waals surface area contributed by atoms with E-state index in [1.165, 1.54) is 24.8 Å². The molecule has 0 saturated carbocycles. The van der Waals surface area contributed by atoms with Crippen LogP contribution in [0.2, 0.25) is 0 Å². The molecule has 2 saturated heterocycles. The van der Waals surface area contributed by atoms with Crippen LogP contribution in [0.25, 0.3) is 0 Å². The molecule has 0 aromatic heterocycles. The molecule has 2 heterocycles. The highest BCUT2D eigenvalue weighted by Gasteiger charge is 2.46. The highest BCUT2D eigenvalue weighted by Crippen LogP contribution is 2.46. The molecule has 2 fully saturated rings. The summed E-state index contributed by atoms with van der Waals surface area (Å²) in [6.07, 6.45) is 3.78. The van der Waals surface area contributed by atoms with Gasteiger partial charge in [-0.3, -0.25) is 0 Å². The van der Waals surface area contributed by atoms with Crippen LogP contribution < -0.4 is 5.32 Å². The molecule has 4 atom stereocenters. The van der Waals surface area contributed by atoms with Crippen LogP contribution in [0.3, 0.4) is 0 Å². The molecule has 3 nitrogen and oxygen atoms in total. The summed E-state index contributed by atoms with van der Waals surface area (Å²) in [6.45, 7) is 5.09. The lowest BCUT2D eigenvalue weighted by Gasteiger charge is -2.45. The van der Waals surface area contributed by atoms with Crippen molar-refractivity contribution in [1.29, 1.82) is 0 Å². The second kappa shape index (κ2) is 10.5. The van der Waals surface area contributed by atoms with Gasteiger partial charge < -0.3 is 15.1 Å². The molecule has 2 aliphatic rings. The second-order valence-corrected chi connectivity index (χ2v) is 8.91. The minimum atomic E-state index is -0.141. The third kappa shape index (κ3) is 5.41. The van der Waals surface area contributed by atoms with Gasteiger partial charge in [0.2, 0.25) is 0 Å². The van der Waals surface area contributed by atoms with Crippen molar-refractivity contribution in [3.63, 3.8) is 0 Å². The maximum atomic E-state index is 13.5. The first-order valence-corrected chi connectivity index (χ1v) is 11.5. The van der Waals surface area contributed by atoms with Gasteiger partial charge in [-0.2, -0.15) is 25.3 Å². The van der Waals surface area contributed by atoms with Crippen LogP contribution in [-0.2, 0) is 0 Å². The first kappa shape index (κ1) is 21.4. The van der Waals surface area contributed by atoms with Crippen molar-refractivity contribution in [3.8, 4) is 0 Å². The first-order valence-electron chi connectivity index (χ1n) is 10.3. The molecule has 2 aliphatic heterocycles. The van der Waals surface area contributed by atoms with Gasteiger partial charge in [-0.1, -0.05) is 12.1 Å². The van der Waals surface area contributed by atoms with Gasteiger partial charge in [-0.25, -0.2) is 4.39 Å². The Balaban J connectivity index is 1.73. The molecule has 0 spiro atoms. The average molecular weight is 412 g/mol. The Labute approximate surface area is 174 Å². The fourth-order valence-electron chi connectivity index (χ4n) is 5.09. The van der Waals surface area contributed by atoms with Crippen LogP contribution in [0.15, 0.2) is 24.3 Å². The minimum absolute atomic E-state index is 0.141. The summed E-state index contributed by atoms with van der Waals surface area (Å²) < 4.78 is 13.5. The average Bonchev–Trinajstić information content (AvgIpc) is 2.91. The van der Waals surface area contributed by atoms with Gasteiger partial charge in [0.25, 0.3) is 0 Å². The Kier molecular flexibility index (Phi) is 8.33. The van der Waals surface area contributed by atoms with Crippen LogP contribution in [0.1, 0.15) is 30.7 Å². The maximum Gasteiger partial charge on any atom is 0.123 e. The van der Waals surface area contributed by atoms with Crippen molar-refractivity contribution in [2.45, 2.75) is 37.3 Å². The summed E-state index contributed by atoms with van der Waals surface area (Å²) in [5.74, 6) is 2.72. The van der Waals surface area contributed by atoms with Crippen molar-refractivity contribution in [3.05, 3.63) is 35.6 Å². The molecule has 27 heavy (non-hydrogen) atoms. The molecular weight excluding hydrogens is 377 g/mol. The zero-order valence-electron chi connectivity index (χ0n) is 16.4. The lowest BCUT2D eigenvalue weighted by Crippen LogP contribution is -2.50. The van der Waals surface area contributed by atoms with Gasteiger partial charge >= 0.3 is 0 Å². The van der Waals surface area contributed by atoms with E-state index in [1.54, 1.807) is 12.1 Å². The van der Waals surface area contributed by atoms with Crippen molar-refractivity contribution < 1.29 is 4.39 Å². The standard InChI is InChI=1S/C21H34FN3S2/c1-24-18-6-7-21(24)20(15-25(11-13-27)10-8-23-9-12-26)19(14-18)16-2-4-17(22)5-3-16/h2-5,18-21,23,26-27H,6-15H2,1H3/t18?,19-,20+,21?/m1/s1. The van der Waals surface area contributed by atoms with Crippen molar-refractivity contribution in [1.82, 2.24) is 15.1 Å². The Bertz CT molecular complexity index is 571. The molecule has 2 bridgehead atoms. The number of fused-ring (bicyclic) bond motifs is 2. The molecule has 2 unspecified atom stereocenters. The maximum absolute atomic E-state index is 13.5. The van der Waals surface area contributed by atoms with E-state index in [-0.39, 0.29) is 5.82 Å². The molecule has 6 heteroatoms. The Morgan fingerprint density at radius 2 is 1.89 bits per heavy atom. The van der Waals surface area contributed by atoms with E-state index in [0.717, 1.165) is 44.2 Å². The van der Waals surface area contributed by atoms with Crippen molar-refractivity contribution in [2.24, 2.45) is 5.92 Å². The fraction of sp³-hybridized carbons (Fsp3) is 0.714. The van der Waals surface area contributed by atoms with E-state index in [0.29, 0.717) is 23.9 Å². The summed E-state index contributed by atoms with van der Waals surface area (Å²) >= 11 is 8.76. The predicted octanol–water partition coefficient (Wildman–Crippen LogP) is 3.14. The van der Waals surface area contributed by atoms with E-state index in [2.05, 4.69) is 47.4 Å². The third-order valence-electron chi connectivity index (χ3n) is 6.51. The quantitative estimate of drug-likeness (QED) is 0.406. The third-order valence-corrected chi connectivity index (χ3v) is 6.93. The molecule has 0 amide bonds. The zero-order valence-corrected chi connectivity index (χ0v) is 18.1. The van der Waals surface area contributed by atoms with Crippen LogP contribution in [-0.4, -0.2) is 73.2 Å². The number of hydrogen-bond donors (Lipinski definition) is 3. The molecule has 152 valence electrons. The van der Waals surface area contributed by atoms with Crippen molar-refractivity contribution >= 4 is 25.3 Å². The van der Waals surface area contributed by atoms with Gasteiger partial charge in [0.05, 0.1) is 0 Å². The lowest BCUT2D eigenvalue weighted by atomic mass is 9.76. The number of hydrogen-bond acceptors (Lipinski definition) is 5. The van der Waals surface area contributed by atoms with Gasteiger partial charge in [-0.05, 0) is 55.8 Å². The topological polar surface area (TPSA) is 18.5 Å². The number of halogens is 1. The predicted molar refractivity (Wildman–Crippen MR) is 119 cm³/mol. The van der Waals surface area contributed by atoms with Crippen LogP contribution in [0, 0.1) is 11.7 Å². The summed E-state index contributed by atoms with van der Waals surface area (Å²) in [7, 11) is 2.30. The highest BCUT2D eigenvalue weighted by atomic mass is 32.1. The number of thiol groups is 2. The number of nitrogens with zero attached hydrogens (tertiary/aromatic N) is 2. The molecule has 0 radical (unpaired) electrons. The van der Waals surface area contributed by atoms with Crippen LogP contribution >= 0.6 is 25.3 Å². The normalized spacial score (nSPS) is 28.2.